The van der Waals surface area contributed by atoms with Crippen LogP contribution in [0.25, 0.3) is 10.9 Å². The first-order valence-corrected chi connectivity index (χ1v) is 6.78. The molecule has 1 heterocycles. The second-order valence-corrected chi connectivity index (χ2v) is 5.28. The average molecular weight is 364 g/mol. The zero-order valence-corrected chi connectivity index (χ0v) is 13.2. The van der Waals surface area contributed by atoms with Gasteiger partial charge in [-0.1, -0.05) is 23.2 Å². The van der Waals surface area contributed by atoms with Crippen LogP contribution in [0.5, 0.6) is 0 Å². The highest BCUT2D eigenvalue weighted by atomic mass is 79.9. The van der Waals surface area contributed by atoms with Crippen molar-refractivity contribution in [2.24, 2.45) is 0 Å². The number of carbonyl (C=O) groups excluding carboxylic acids is 1. The Bertz CT molecular complexity index is 677. The normalized spacial score (nSPS) is 10.6. The highest BCUT2D eigenvalue weighted by Gasteiger charge is 2.18. The number of nitrogens with one attached hydrogen (secondary N) is 1. The molecular formula is C12H9BrCl2N2O2. The summed E-state index contributed by atoms with van der Waals surface area (Å²) in [5.74, 6) is -0.471. The molecule has 2 rings (SSSR count). The van der Waals surface area contributed by atoms with Gasteiger partial charge in [-0.3, -0.25) is 4.98 Å². The van der Waals surface area contributed by atoms with Gasteiger partial charge < -0.3 is 10.1 Å². The fourth-order valence-corrected chi connectivity index (χ4v) is 2.71. The predicted octanol–water partition coefficient (Wildman–Crippen LogP) is 4.13. The van der Waals surface area contributed by atoms with Crippen molar-refractivity contribution in [3.63, 3.8) is 0 Å². The molecule has 0 amide bonds. The molecule has 0 saturated carbocycles. The van der Waals surface area contributed by atoms with E-state index in [1.165, 1.54) is 13.3 Å². The van der Waals surface area contributed by atoms with Crippen LogP contribution < -0.4 is 5.32 Å². The van der Waals surface area contributed by atoms with E-state index in [1.807, 2.05) is 0 Å². The Balaban J connectivity index is 2.87. The van der Waals surface area contributed by atoms with Gasteiger partial charge in [-0.2, -0.15) is 0 Å². The molecule has 0 bridgehead atoms. The van der Waals surface area contributed by atoms with Crippen molar-refractivity contribution in [3.8, 4) is 0 Å². The van der Waals surface area contributed by atoms with Crippen molar-refractivity contribution < 1.29 is 9.53 Å². The SMILES string of the molecule is CNc1c(C(=O)OC)cnc2c(Cl)c(Cl)c(Br)cc12. The highest BCUT2D eigenvalue weighted by Crippen LogP contribution is 2.39. The van der Waals surface area contributed by atoms with E-state index in [0.717, 1.165) is 0 Å². The molecule has 0 fully saturated rings. The minimum Gasteiger partial charge on any atom is -0.465 e. The summed E-state index contributed by atoms with van der Waals surface area (Å²) in [7, 11) is 3.02. The third-order valence-corrected chi connectivity index (χ3v) is 4.36. The molecule has 0 atom stereocenters. The van der Waals surface area contributed by atoms with Crippen LogP contribution in [0.15, 0.2) is 16.7 Å². The molecule has 4 nitrogen and oxygen atoms in total. The van der Waals surface area contributed by atoms with Gasteiger partial charge in [-0.05, 0) is 22.0 Å². The monoisotopic (exact) mass is 362 g/mol. The van der Waals surface area contributed by atoms with E-state index < -0.39 is 5.97 Å². The Morgan fingerprint density at radius 1 is 1.42 bits per heavy atom. The molecule has 1 N–H and O–H groups in total. The molecule has 19 heavy (non-hydrogen) atoms. The number of fused-ring (bicyclic) bond motifs is 1. The van der Waals surface area contributed by atoms with Crippen molar-refractivity contribution in [2.75, 3.05) is 19.5 Å². The topological polar surface area (TPSA) is 51.2 Å². The maximum Gasteiger partial charge on any atom is 0.341 e. The highest BCUT2D eigenvalue weighted by molar-refractivity contribution is 9.10. The summed E-state index contributed by atoms with van der Waals surface area (Å²) >= 11 is 15.5. The molecule has 0 saturated heterocycles. The fraction of sp³-hybridized carbons (Fsp3) is 0.167. The number of ether oxygens (including phenoxy) is 1. The van der Waals surface area contributed by atoms with E-state index in [4.69, 9.17) is 27.9 Å². The van der Waals surface area contributed by atoms with Crippen LogP contribution in [0.2, 0.25) is 10.0 Å². The van der Waals surface area contributed by atoms with Crippen molar-refractivity contribution in [3.05, 3.63) is 32.3 Å². The number of aromatic nitrogens is 1. The lowest BCUT2D eigenvalue weighted by molar-refractivity contribution is 0.0601. The molecule has 1 aromatic heterocycles. The first-order valence-electron chi connectivity index (χ1n) is 5.23. The minimum atomic E-state index is -0.471. The van der Waals surface area contributed by atoms with Crippen molar-refractivity contribution >= 4 is 61.7 Å². The van der Waals surface area contributed by atoms with Gasteiger partial charge in [0.25, 0.3) is 0 Å². The molecule has 0 aliphatic rings. The number of methoxy groups -OCH3 is 1. The molecule has 7 heteroatoms. The van der Waals surface area contributed by atoms with Gasteiger partial charge in [0.1, 0.15) is 5.56 Å². The van der Waals surface area contributed by atoms with Crippen LogP contribution in [0.1, 0.15) is 10.4 Å². The second kappa shape index (κ2) is 5.53. The van der Waals surface area contributed by atoms with E-state index in [1.54, 1.807) is 13.1 Å². The van der Waals surface area contributed by atoms with Gasteiger partial charge in [0.05, 0.1) is 28.4 Å². The number of benzene rings is 1. The van der Waals surface area contributed by atoms with Crippen LogP contribution in [-0.2, 0) is 4.74 Å². The maximum atomic E-state index is 11.7. The van der Waals surface area contributed by atoms with Crippen LogP contribution >= 0.6 is 39.1 Å². The number of rotatable bonds is 2. The number of hydrogen-bond donors (Lipinski definition) is 1. The van der Waals surface area contributed by atoms with Crippen LogP contribution in [0.4, 0.5) is 5.69 Å². The summed E-state index contributed by atoms with van der Waals surface area (Å²) in [5, 5.41) is 4.37. The first kappa shape index (κ1) is 14.4. The van der Waals surface area contributed by atoms with Gasteiger partial charge in [0.15, 0.2) is 0 Å². The second-order valence-electron chi connectivity index (χ2n) is 3.67. The zero-order chi connectivity index (χ0) is 14.2. The molecule has 100 valence electrons. The molecule has 1 aromatic carbocycles. The summed E-state index contributed by atoms with van der Waals surface area (Å²) in [6.45, 7) is 0. The largest absolute Gasteiger partial charge is 0.465 e. The Labute approximate surface area is 128 Å². The summed E-state index contributed by atoms with van der Waals surface area (Å²) in [6.07, 6.45) is 1.41. The number of nitrogens with zero attached hydrogens (tertiary/aromatic N) is 1. The summed E-state index contributed by atoms with van der Waals surface area (Å²) in [5.41, 5.74) is 1.45. The summed E-state index contributed by atoms with van der Waals surface area (Å²) < 4.78 is 5.35. The van der Waals surface area contributed by atoms with Crippen LogP contribution in [-0.4, -0.2) is 25.1 Å². The molecular weight excluding hydrogens is 355 g/mol. The van der Waals surface area contributed by atoms with Crippen molar-refractivity contribution in [1.82, 2.24) is 4.98 Å². The number of hydrogen-bond acceptors (Lipinski definition) is 4. The van der Waals surface area contributed by atoms with Crippen molar-refractivity contribution in [1.29, 1.82) is 0 Å². The minimum absolute atomic E-state index is 0.332. The quantitative estimate of drug-likeness (QED) is 0.643. The smallest absolute Gasteiger partial charge is 0.341 e. The Kier molecular flexibility index (Phi) is 4.18. The maximum absolute atomic E-state index is 11.7. The third-order valence-electron chi connectivity index (χ3n) is 2.65. The zero-order valence-electron chi connectivity index (χ0n) is 10.1. The van der Waals surface area contributed by atoms with E-state index >= 15 is 0 Å². The Morgan fingerprint density at radius 2 is 2.11 bits per heavy atom. The number of carbonyl (C=O) groups is 1. The third kappa shape index (κ3) is 2.38. The molecule has 0 aliphatic carbocycles. The summed E-state index contributed by atoms with van der Waals surface area (Å²) in [4.78, 5) is 15.9. The van der Waals surface area contributed by atoms with Gasteiger partial charge >= 0.3 is 5.97 Å². The van der Waals surface area contributed by atoms with Gasteiger partial charge in [-0.25, -0.2) is 4.79 Å². The number of pyridine rings is 1. The lowest BCUT2D eigenvalue weighted by atomic mass is 10.1. The molecule has 0 aliphatic heterocycles. The molecule has 0 unspecified atom stereocenters. The van der Waals surface area contributed by atoms with E-state index in [9.17, 15) is 4.79 Å². The van der Waals surface area contributed by atoms with E-state index in [0.29, 0.717) is 36.7 Å². The predicted molar refractivity (Wildman–Crippen MR) is 80.3 cm³/mol. The standard InChI is InChI=1S/C12H9BrCl2N2O2/c1-16-10-5-3-7(13)8(14)9(15)11(5)17-4-6(10)12(18)19-2/h3-4H,1-2H3,(H,16,17). The molecule has 2 aromatic rings. The average Bonchev–Trinajstić information content (AvgIpc) is 2.42. The number of esters is 1. The Hall–Kier alpha value is -1.04. The first-order chi connectivity index (χ1) is 9.01. The van der Waals surface area contributed by atoms with E-state index in [2.05, 4.69) is 26.2 Å². The number of halogens is 3. The number of anilines is 1. The van der Waals surface area contributed by atoms with Gasteiger partial charge in [-0.15, -0.1) is 0 Å². The van der Waals surface area contributed by atoms with Crippen LogP contribution in [0.3, 0.4) is 0 Å². The van der Waals surface area contributed by atoms with E-state index in [-0.39, 0.29) is 0 Å². The fourth-order valence-electron chi connectivity index (χ4n) is 1.78. The van der Waals surface area contributed by atoms with Gasteiger partial charge in [0, 0.05) is 23.1 Å². The van der Waals surface area contributed by atoms with Crippen LogP contribution in [0, 0.1) is 0 Å². The molecule has 0 radical (unpaired) electrons. The lowest BCUT2D eigenvalue weighted by Gasteiger charge is -2.12. The van der Waals surface area contributed by atoms with Gasteiger partial charge in [0.2, 0.25) is 0 Å². The molecule has 0 spiro atoms. The Morgan fingerprint density at radius 3 is 2.68 bits per heavy atom. The summed E-state index contributed by atoms with van der Waals surface area (Å²) in [6, 6.07) is 1.76. The van der Waals surface area contributed by atoms with Crippen molar-refractivity contribution in [2.45, 2.75) is 0 Å². The lowest BCUT2D eigenvalue weighted by Crippen LogP contribution is -2.07.